The van der Waals surface area contributed by atoms with Gasteiger partial charge in [-0.3, -0.25) is 9.59 Å². The quantitative estimate of drug-likeness (QED) is 0.791. The van der Waals surface area contributed by atoms with Crippen LogP contribution in [0.1, 0.15) is 48.4 Å². The highest BCUT2D eigenvalue weighted by Gasteiger charge is 2.18. The lowest BCUT2D eigenvalue weighted by Gasteiger charge is -2.21. The van der Waals surface area contributed by atoms with E-state index in [-0.39, 0.29) is 18.4 Å². The van der Waals surface area contributed by atoms with Crippen LogP contribution in [0, 0.1) is 13.8 Å². The van der Waals surface area contributed by atoms with Gasteiger partial charge in [0.2, 0.25) is 5.91 Å². The van der Waals surface area contributed by atoms with Crippen LogP contribution >= 0.6 is 0 Å². The van der Waals surface area contributed by atoms with Crippen molar-refractivity contribution in [2.75, 3.05) is 19.6 Å². The van der Waals surface area contributed by atoms with E-state index >= 15 is 0 Å². The first-order valence-electron chi connectivity index (χ1n) is 9.16. The first-order chi connectivity index (χ1) is 12.5. The van der Waals surface area contributed by atoms with Gasteiger partial charge < -0.3 is 10.2 Å². The van der Waals surface area contributed by atoms with Crippen LogP contribution in [0.25, 0.3) is 5.69 Å². The summed E-state index contributed by atoms with van der Waals surface area (Å²) in [4.78, 5) is 26.4. The van der Waals surface area contributed by atoms with E-state index in [1.54, 1.807) is 17.0 Å². The molecule has 0 unspecified atom stereocenters. The van der Waals surface area contributed by atoms with Crippen LogP contribution in [0.3, 0.4) is 0 Å². The summed E-state index contributed by atoms with van der Waals surface area (Å²) >= 11 is 0. The van der Waals surface area contributed by atoms with E-state index in [0.717, 1.165) is 29.9 Å². The van der Waals surface area contributed by atoms with Gasteiger partial charge in [-0.1, -0.05) is 13.8 Å². The molecule has 1 N–H and O–H groups in total. The Kier molecular flexibility index (Phi) is 6.95. The minimum atomic E-state index is -0.126. The Morgan fingerprint density at radius 2 is 1.81 bits per heavy atom. The molecule has 0 aliphatic carbocycles. The van der Waals surface area contributed by atoms with Crippen molar-refractivity contribution in [1.29, 1.82) is 0 Å². The molecule has 2 amide bonds. The topological polar surface area (TPSA) is 67.2 Å². The molecule has 2 rings (SSSR count). The van der Waals surface area contributed by atoms with E-state index in [4.69, 9.17) is 0 Å². The predicted octanol–water partition coefficient (Wildman–Crippen LogP) is 2.87. The molecule has 6 nitrogen and oxygen atoms in total. The number of nitrogens with zero attached hydrogens (tertiary/aromatic N) is 3. The van der Waals surface area contributed by atoms with Gasteiger partial charge in [0.1, 0.15) is 0 Å². The molecule has 1 heterocycles. The van der Waals surface area contributed by atoms with Crippen LogP contribution in [-0.2, 0) is 4.79 Å². The van der Waals surface area contributed by atoms with Crippen molar-refractivity contribution in [2.45, 2.75) is 40.5 Å². The molecule has 0 atom stereocenters. The molecule has 1 aromatic carbocycles. The van der Waals surface area contributed by atoms with Gasteiger partial charge in [0.15, 0.2) is 0 Å². The maximum atomic E-state index is 12.8. The van der Waals surface area contributed by atoms with Crippen LogP contribution in [-0.4, -0.2) is 46.1 Å². The summed E-state index contributed by atoms with van der Waals surface area (Å²) in [6, 6.07) is 9.36. The van der Waals surface area contributed by atoms with Crippen LogP contribution < -0.4 is 5.32 Å². The van der Waals surface area contributed by atoms with Crippen molar-refractivity contribution >= 4 is 11.8 Å². The second kappa shape index (κ2) is 9.17. The molecule has 2 aromatic rings. The lowest BCUT2D eigenvalue weighted by Crippen LogP contribution is -2.41. The number of hydrogen-bond donors (Lipinski definition) is 1. The standard InChI is InChI=1S/C20H28N4O2/c1-5-11-21-19(25)14-23(12-6-2)20(26)17-7-9-18(10-8-17)24-16(4)13-15(3)22-24/h7-10,13H,5-6,11-12,14H2,1-4H3,(H,21,25). The van der Waals surface area contributed by atoms with Crippen LogP contribution in [0.4, 0.5) is 0 Å². The van der Waals surface area contributed by atoms with Crippen molar-refractivity contribution in [3.63, 3.8) is 0 Å². The van der Waals surface area contributed by atoms with E-state index in [2.05, 4.69) is 10.4 Å². The maximum absolute atomic E-state index is 12.8. The van der Waals surface area contributed by atoms with Crippen molar-refractivity contribution < 1.29 is 9.59 Å². The zero-order valence-corrected chi connectivity index (χ0v) is 16.1. The molecule has 0 aliphatic heterocycles. The Balaban J connectivity index is 2.13. The normalized spacial score (nSPS) is 10.6. The zero-order valence-electron chi connectivity index (χ0n) is 16.1. The third-order valence-corrected chi connectivity index (χ3v) is 4.06. The van der Waals surface area contributed by atoms with Gasteiger partial charge in [0.05, 0.1) is 17.9 Å². The maximum Gasteiger partial charge on any atom is 0.254 e. The molecular formula is C20H28N4O2. The fourth-order valence-electron chi connectivity index (χ4n) is 2.83. The minimum absolute atomic E-state index is 0.0892. The Bertz CT molecular complexity index is 750. The summed E-state index contributed by atoms with van der Waals surface area (Å²) in [6.07, 6.45) is 1.68. The number of hydrogen-bond acceptors (Lipinski definition) is 3. The Hall–Kier alpha value is -2.63. The summed E-state index contributed by atoms with van der Waals surface area (Å²) in [6.45, 7) is 9.22. The summed E-state index contributed by atoms with van der Waals surface area (Å²) in [5.41, 5.74) is 3.48. The Morgan fingerprint density at radius 3 is 2.35 bits per heavy atom. The molecule has 0 fully saturated rings. The number of aryl methyl sites for hydroxylation is 2. The number of nitrogens with one attached hydrogen (secondary N) is 1. The van der Waals surface area contributed by atoms with E-state index < -0.39 is 0 Å². The second-order valence-corrected chi connectivity index (χ2v) is 6.46. The smallest absolute Gasteiger partial charge is 0.254 e. The van der Waals surface area contributed by atoms with Gasteiger partial charge in [0.25, 0.3) is 5.91 Å². The number of rotatable bonds is 8. The highest BCUT2D eigenvalue weighted by Crippen LogP contribution is 2.14. The van der Waals surface area contributed by atoms with Crippen LogP contribution in [0.15, 0.2) is 30.3 Å². The predicted molar refractivity (Wildman–Crippen MR) is 103 cm³/mol. The average Bonchev–Trinajstić information content (AvgIpc) is 2.97. The van der Waals surface area contributed by atoms with Crippen molar-refractivity contribution in [3.8, 4) is 5.69 Å². The molecule has 26 heavy (non-hydrogen) atoms. The van der Waals surface area contributed by atoms with E-state index in [9.17, 15) is 9.59 Å². The lowest BCUT2D eigenvalue weighted by molar-refractivity contribution is -0.121. The van der Waals surface area contributed by atoms with Gasteiger partial charge in [-0.15, -0.1) is 0 Å². The van der Waals surface area contributed by atoms with Gasteiger partial charge in [-0.2, -0.15) is 5.10 Å². The average molecular weight is 356 g/mol. The number of aromatic nitrogens is 2. The molecule has 0 saturated heterocycles. The number of amides is 2. The van der Waals surface area contributed by atoms with E-state index in [1.165, 1.54) is 0 Å². The fourth-order valence-corrected chi connectivity index (χ4v) is 2.83. The highest BCUT2D eigenvalue weighted by molar-refractivity contribution is 5.96. The van der Waals surface area contributed by atoms with Crippen molar-refractivity contribution in [1.82, 2.24) is 20.0 Å². The van der Waals surface area contributed by atoms with Gasteiger partial charge in [-0.25, -0.2) is 4.68 Å². The minimum Gasteiger partial charge on any atom is -0.355 e. The molecule has 1 aromatic heterocycles. The van der Waals surface area contributed by atoms with E-state index in [0.29, 0.717) is 18.7 Å². The summed E-state index contributed by atoms with van der Waals surface area (Å²) < 4.78 is 1.85. The molecule has 0 saturated carbocycles. The number of carbonyl (C=O) groups excluding carboxylic acids is 2. The van der Waals surface area contributed by atoms with E-state index in [1.807, 2.05) is 50.6 Å². The van der Waals surface area contributed by atoms with Gasteiger partial charge in [0, 0.05) is 24.3 Å². The first-order valence-corrected chi connectivity index (χ1v) is 9.16. The monoisotopic (exact) mass is 356 g/mol. The zero-order chi connectivity index (χ0) is 19.1. The van der Waals surface area contributed by atoms with Crippen LogP contribution in [0.5, 0.6) is 0 Å². The van der Waals surface area contributed by atoms with Gasteiger partial charge >= 0.3 is 0 Å². The largest absolute Gasteiger partial charge is 0.355 e. The summed E-state index contributed by atoms with van der Waals surface area (Å²) in [5.74, 6) is -0.244. The first kappa shape index (κ1) is 19.7. The summed E-state index contributed by atoms with van der Waals surface area (Å²) in [5, 5.41) is 7.28. The highest BCUT2D eigenvalue weighted by atomic mass is 16.2. The van der Waals surface area contributed by atoms with Gasteiger partial charge in [-0.05, 0) is 57.0 Å². The molecule has 6 heteroatoms. The van der Waals surface area contributed by atoms with Crippen LogP contribution in [0.2, 0.25) is 0 Å². The SMILES string of the molecule is CCCNC(=O)CN(CCC)C(=O)c1ccc(-n2nc(C)cc2C)cc1. The molecular weight excluding hydrogens is 328 g/mol. The fraction of sp³-hybridized carbons (Fsp3) is 0.450. The molecule has 140 valence electrons. The molecule has 0 bridgehead atoms. The molecule has 0 aliphatic rings. The van der Waals surface area contributed by atoms with Crippen molar-refractivity contribution in [2.24, 2.45) is 0 Å². The number of benzene rings is 1. The number of carbonyl (C=O) groups is 2. The third kappa shape index (κ3) is 4.94. The lowest BCUT2D eigenvalue weighted by atomic mass is 10.1. The molecule has 0 radical (unpaired) electrons. The Labute approximate surface area is 155 Å². The summed E-state index contributed by atoms with van der Waals surface area (Å²) in [7, 11) is 0. The van der Waals surface area contributed by atoms with Crippen molar-refractivity contribution in [3.05, 3.63) is 47.3 Å². The third-order valence-electron chi connectivity index (χ3n) is 4.06. The molecule has 0 spiro atoms. The Morgan fingerprint density at radius 1 is 1.12 bits per heavy atom. The second-order valence-electron chi connectivity index (χ2n) is 6.46.